The molecule has 1 aromatic heterocycles. The van der Waals surface area contributed by atoms with Crippen molar-refractivity contribution in [2.45, 2.75) is 6.61 Å². The number of rotatable bonds is 4. The normalized spacial score (nSPS) is 10.0. The van der Waals surface area contributed by atoms with Gasteiger partial charge in [0.05, 0.1) is 0 Å². The first-order valence-corrected chi connectivity index (χ1v) is 7.99. The molecule has 0 aliphatic heterocycles. The summed E-state index contributed by atoms with van der Waals surface area (Å²) in [4.78, 5) is 16.5. The van der Waals surface area contributed by atoms with Gasteiger partial charge in [-0.2, -0.15) is 8.78 Å². The van der Waals surface area contributed by atoms with Gasteiger partial charge in [-0.05, 0) is 54.5 Å². The predicted molar refractivity (Wildman–Crippen MR) is 97.7 cm³/mol. The molecule has 0 atom stereocenters. The Morgan fingerprint density at radius 1 is 1.00 bits per heavy atom. The Labute approximate surface area is 154 Å². The van der Waals surface area contributed by atoms with E-state index in [1.165, 1.54) is 24.3 Å². The number of carbonyl (C=O) groups excluding carboxylic acids is 1. The Morgan fingerprint density at radius 2 is 1.85 bits per heavy atom. The van der Waals surface area contributed by atoms with Crippen LogP contribution in [-0.2, 0) is 0 Å². The lowest BCUT2D eigenvalue weighted by atomic mass is 10.1. The van der Waals surface area contributed by atoms with E-state index in [1.54, 1.807) is 30.5 Å². The number of anilines is 1. The molecule has 0 unspecified atom stereocenters. The van der Waals surface area contributed by atoms with Gasteiger partial charge in [0.25, 0.3) is 5.91 Å². The van der Waals surface area contributed by atoms with Crippen molar-refractivity contribution in [1.82, 2.24) is 4.98 Å². The first kappa shape index (κ1) is 18.1. The molecule has 3 rings (SSSR count). The summed E-state index contributed by atoms with van der Waals surface area (Å²) < 4.78 is 28.9. The van der Waals surface area contributed by atoms with Gasteiger partial charge in [-0.25, -0.2) is 4.98 Å². The Kier molecular flexibility index (Phi) is 5.75. The molecule has 4 nitrogen and oxygen atoms in total. The van der Waals surface area contributed by atoms with E-state index in [0.29, 0.717) is 16.9 Å². The highest BCUT2D eigenvalue weighted by Gasteiger charge is 2.10. The highest BCUT2D eigenvalue weighted by atomic mass is 19.3. The van der Waals surface area contributed by atoms with Gasteiger partial charge in [-0.3, -0.25) is 4.79 Å². The minimum atomic E-state index is -2.95. The number of nitrogens with zero attached hydrogens (tertiary/aromatic N) is 1. The van der Waals surface area contributed by atoms with Crippen LogP contribution >= 0.6 is 0 Å². The van der Waals surface area contributed by atoms with Crippen LogP contribution in [0.1, 0.15) is 21.6 Å². The number of hydrogen-bond acceptors (Lipinski definition) is 3. The van der Waals surface area contributed by atoms with Crippen LogP contribution in [0.3, 0.4) is 0 Å². The summed E-state index contributed by atoms with van der Waals surface area (Å²) in [6.07, 6.45) is 1.66. The van der Waals surface area contributed by atoms with Crippen molar-refractivity contribution < 1.29 is 18.3 Å². The average Bonchev–Trinajstić information content (AvgIpc) is 2.67. The Hall–Kier alpha value is -3.72. The number of halogens is 2. The standard InChI is InChI=1S/C21H14F2N2O2/c22-21(23)27-19-9-4-6-16(14-19)20(26)25-18-8-3-5-15(13-18)10-11-17-7-1-2-12-24-17/h1-9,12-14,21H,(H,25,26). The summed E-state index contributed by atoms with van der Waals surface area (Å²) in [6, 6.07) is 18.0. The molecule has 134 valence electrons. The molecule has 0 bridgehead atoms. The van der Waals surface area contributed by atoms with E-state index < -0.39 is 12.5 Å². The summed E-state index contributed by atoms with van der Waals surface area (Å²) in [7, 11) is 0. The molecule has 27 heavy (non-hydrogen) atoms. The number of amides is 1. The molecule has 0 aliphatic rings. The molecule has 1 heterocycles. The topological polar surface area (TPSA) is 51.2 Å². The van der Waals surface area contributed by atoms with Gasteiger partial charge in [0.1, 0.15) is 11.4 Å². The number of hydrogen-bond donors (Lipinski definition) is 1. The smallest absolute Gasteiger partial charge is 0.387 e. The molecule has 6 heteroatoms. The third-order valence-electron chi connectivity index (χ3n) is 3.44. The molecule has 0 saturated heterocycles. The van der Waals surface area contributed by atoms with Crippen molar-refractivity contribution in [2.75, 3.05) is 5.32 Å². The zero-order valence-corrected chi connectivity index (χ0v) is 14.0. The molecule has 1 amide bonds. The number of ether oxygens (including phenoxy) is 1. The third-order valence-corrected chi connectivity index (χ3v) is 3.44. The van der Waals surface area contributed by atoms with Crippen molar-refractivity contribution in [1.29, 1.82) is 0 Å². The molecule has 0 radical (unpaired) electrons. The van der Waals surface area contributed by atoms with Gasteiger partial charge in [-0.15, -0.1) is 0 Å². The summed E-state index contributed by atoms with van der Waals surface area (Å²) in [5.41, 5.74) is 2.09. The fourth-order valence-electron chi connectivity index (χ4n) is 2.26. The Bertz CT molecular complexity index is 996. The molecule has 1 N–H and O–H groups in total. The van der Waals surface area contributed by atoms with Crippen LogP contribution in [0.5, 0.6) is 5.75 Å². The van der Waals surface area contributed by atoms with E-state index in [0.717, 1.165) is 0 Å². The third kappa shape index (κ3) is 5.38. The fraction of sp³-hybridized carbons (Fsp3) is 0.0476. The van der Waals surface area contributed by atoms with Crippen molar-refractivity contribution in [3.05, 3.63) is 89.7 Å². The van der Waals surface area contributed by atoms with Gasteiger partial charge in [0.2, 0.25) is 0 Å². The predicted octanol–water partition coefficient (Wildman–Crippen LogP) is 4.34. The highest BCUT2D eigenvalue weighted by molar-refractivity contribution is 6.04. The van der Waals surface area contributed by atoms with Crippen LogP contribution < -0.4 is 10.1 Å². The lowest BCUT2D eigenvalue weighted by Gasteiger charge is -2.08. The fourth-order valence-corrected chi connectivity index (χ4v) is 2.26. The molecule has 3 aromatic rings. The largest absolute Gasteiger partial charge is 0.435 e. The van der Waals surface area contributed by atoms with E-state index in [-0.39, 0.29) is 11.3 Å². The maximum atomic E-state index is 12.3. The second-order valence-electron chi connectivity index (χ2n) is 5.41. The number of aromatic nitrogens is 1. The number of nitrogens with one attached hydrogen (secondary N) is 1. The Balaban J connectivity index is 1.73. The van der Waals surface area contributed by atoms with Crippen LogP contribution in [0.4, 0.5) is 14.5 Å². The van der Waals surface area contributed by atoms with E-state index in [2.05, 4.69) is 26.9 Å². The maximum Gasteiger partial charge on any atom is 0.387 e. The zero-order chi connectivity index (χ0) is 19.1. The van der Waals surface area contributed by atoms with E-state index >= 15 is 0 Å². The second kappa shape index (κ2) is 8.59. The van der Waals surface area contributed by atoms with Crippen LogP contribution in [0.2, 0.25) is 0 Å². The monoisotopic (exact) mass is 364 g/mol. The lowest BCUT2D eigenvalue weighted by Crippen LogP contribution is -2.12. The first-order chi connectivity index (χ1) is 13.1. The quantitative estimate of drug-likeness (QED) is 0.701. The molecule has 0 aliphatic carbocycles. The SMILES string of the molecule is O=C(Nc1cccc(C#Cc2ccccn2)c1)c1cccc(OC(F)F)c1. The molecule has 2 aromatic carbocycles. The molecular formula is C21H14F2N2O2. The van der Waals surface area contributed by atoms with Crippen molar-refractivity contribution >= 4 is 11.6 Å². The zero-order valence-electron chi connectivity index (χ0n) is 14.0. The summed E-state index contributed by atoms with van der Waals surface area (Å²) >= 11 is 0. The molecule has 0 saturated carbocycles. The van der Waals surface area contributed by atoms with Gasteiger partial charge in [0, 0.05) is 23.0 Å². The second-order valence-corrected chi connectivity index (χ2v) is 5.41. The minimum absolute atomic E-state index is 0.0763. The number of benzene rings is 2. The summed E-state index contributed by atoms with van der Waals surface area (Å²) in [5, 5.41) is 2.71. The Morgan fingerprint density at radius 3 is 2.63 bits per heavy atom. The molecular weight excluding hydrogens is 350 g/mol. The van der Waals surface area contributed by atoms with Crippen molar-refractivity contribution in [3.63, 3.8) is 0 Å². The molecule has 0 spiro atoms. The van der Waals surface area contributed by atoms with Crippen molar-refractivity contribution in [3.8, 4) is 17.6 Å². The van der Waals surface area contributed by atoms with Gasteiger partial charge in [-0.1, -0.05) is 24.1 Å². The van der Waals surface area contributed by atoms with E-state index in [4.69, 9.17) is 0 Å². The minimum Gasteiger partial charge on any atom is -0.435 e. The van der Waals surface area contributed by atoms with Crippen LogP contribution in [-0.4, -0.2) is 17.5 Å². The van der Waals surface area contributed by atoms with Crippen LogP contribution in [0.25, 0.3) is 0 Å². The highest BCUT2D eigenvalue weighted by Crippen LogP contribution is 2.18. The number of alkyl halides is 2. The van der Waals surface area contributed by atoms with Crippen LogP contribution in [0, 0.1) is 11.8 Å². The van der Waals surface area contributed by atoms with Gasteiger partial charge >= 0.3 is 6.61 Å². The number of carbonyl (C=O) groups is 1. The van der Waals surface area contributed by atoms with E-state index in [9.17, 15) is 13.6 Å². The average molecular weight is 364 g/mol. The van der Waals surface area contributed by atoms with Gasteiger partial charge in [0.15, 0.2) is 0 Å². The van der Waals surface area contributed by atoms with Gasteiger partial charge < -0.3 is 10.1 Å². The first-order valence-electron chi connectivity index (χ1n) is 7.99. The van der Waals surface area contributed by atoms with E-state index in [1.807, 2.05) is 18.2 Å². The van der Waals surface area contributed by atoms with Crippen LogP contribution in [0.15, 0.2) is 72.9 Å². The van der Waals surface area contributed by atoms with Crippen molar-refractivity contribution in [2.24, 2.45) is 0 Å². The lowest BCUT2D eigenvalue weighted by molar-refractivity contribution is -0.0498. The molecule has 0 fully saturated rings. The summed E-state index contributed by atoms with van der Waals surface area (Å²) in [5.74, 6) is 5.40. The number of pyridine rings is 1. The maximum absolute atomic E-state index is 12.3. The summed E-state index contributed by atoms with van der Waals surface area (Å²) in [6.45, 7) is -2.95.